The van der Waals surface area contributed by atoms with Crippen molar-refractivity contribution in [3.63, 3.8) is 0 Å². The van der Waals surface area contributed by atoms with E-state index in [9.17, 15) is 13.2 Å². The second-order valence-electron chi connectivity index (χ2n) is 4.47. The zero-order valence-electron chi connectivity index (χ0n) is 11.3. The summed E-state index contributed by atoms with van der Waals surface area (Å²) < 4.78 is 39.4. The van der Waals surface area contributed by atoms with Crippen molar-refractivity contribution < 1.29 is 13.2 Å². The minimum Gasteiger partial charge on any atom is -0.309 e. The van der Waals surface area contributed by atoms with Crippen LogP contribution in [0.2, 0.25) is 0 Å². The molecule has 1 atom stereocenters. The van der Waals surface area contributed by atoms with Crippen LogP contribution in [0.5, 0.6) is 0 Å². The van der Waals surface area contributed by atoms with Crippen molar-refractivity contribution in [3.8, 4) is 0 Å². The zero-order chi connectivity index (χ0) is 14.8. The van der Waals surface area contributed by atoms with E-state index < -0.39 is 11.7 Å². The quantitative estimate of drug-likeness (QED) is 0.933. The Labute approximate surface area is 115 Å². The van der Waals surface area contributed by atoms with Crippen LogP contribution in [0.15, 0.2) is 36.7 Å². The Morgan fingerprint density at radius 3 is 2.30 bits per heavy atom. The molecule has 0 aliphatic carbocycles. The standard InChI is InChI=1S/C14H16F3N3/c1-3-20-9-11(8-19-20)13(18-2)10-4-6-12(7-5-10)14(15,16)17/h4-9,13,18H,3H2,1-2H3. The lowest BCUT2D eigenvalue weighted by Gasteiger charge is -2.16. The Balaban J connectivity index is 2.28. The number of rotatable bonds is 4. The summed E-state index contributed by atoms with van der Waals surface area (Å²) in [6, 6.07) is 5.02. The van der Waals surface area contributed by atoms with Gasteiger partial charge in [0.15, 0.2) is 0 Å². The zero-order valence-corrected chi connectivity index (χ0v) is 11.3. The first kappa shape index (κ1) is 14.6. The summed E-state index contributed by atoms with van der Waals surface area (Å²) in [6.45, 7) is 2.73. The molecule has 0 amide bonds. The Bertz CT molecular complexity index is 558. The van der Waals surface area contributed by atoms with Gasteiger partial charge in [0, 0.05) is 18.3 Å². The van der Waals surface area contributed by atoms with E-state index in [0.29, 0.717) is 0 Å². The predicted molar refractivity (Wildman–Crippen MR) is 70.2 cm³/mol. The highest BCUT2D eigenvalue weighted by Gasteiger charge is 2.30. The third-order valence-electron chi connectivity index (χ3n) is 3.17. The van der Waals surface area contributed by atoms with Gasteiger partial charge in [0.25, 0.3) is 0 Å². The summed E-state index contributed by atoms with van der Waals surface area (Å²) in [6.07, 6.45) is -0.693. The van der Waals surface area contributed by atoms with Gasteiger partial charge in [-0.15, -0.1) is 0 Å². The summed E-state index contributed by atoms with van der Waals surface area (Å²) in [7, 11) is 1.77. The lowest BCUT2D eigenvalue weighted by atomic mass is 10.0. The highest BCUT2D eigenvalue weighted by molar-refractivity contribution is 5.32. The fraction of sp³-hybridized carbons (Fsp3) is 0.357. The van der Waals surface area contributed by atoms with Gasteiger partial charge in [0.05, 0.1) is 17.8 Å². The van der Waals surface area contributed by atoms with Crippen LogP contribution in [0.3, 0.4) is 0 Å². The molecule has 0 aliphatic rings. The molecule has 20 heavy (non-hydrogen) atoms. The molecule has 1 unspecified atom stereocenters. The predicted octanol–water partition coefficient (Wildman–Crippen LogP) is 3.23. The highest BCUT2D eigenvalue weighted by Crippen LogP contribution is 2.30. The molecule has 6 heteroatoms. The molecule has 0 aliphatic heterocycles. The summed E-state index contributed by atoms with van der Waals surface area (Å²) in [4.78, 5) is 0. The van der Waals surface area contributed by atoms with E-state index in [2.05, 4.69) is 10.4 Å². The van der Waals surface area contributed by atoms with Crippen molar-refractivity contribution in [2.24, 2.45) is 0 Å². The molecule has 108 valence electrons. The van der Waals surface area contributed by atoms with Crippen LogP contribution in [-0.2, 0) is 12.7 Å². The SMILES string of the molecule is CCn1cc(C(NC)c2ccc(C(F)(F)F)cc2)cn1. The Hall–Kier alpha value is -1.82. The van der Waals surface area contributed by atoms with Crippen LogP contribution in [0.4, 0.5) is 13.2 Å². The third-order valence-corrected chi connectivity index (χ3v) is 3.17. The van der Waals surface area contributed by atoms with E-state index >= 15 is 0 Å². The van der Waals surface area contributed by atoms with Crippen molar-refractivity contribution in [3.05, 3.63) is 53.3 Å². The number of benzene rings is 1. The lowest BCUT2D eigenvalue weighted by Crippen LogP contribution is -2.17. The van der Waals surface area contributed by atoms with E-state index in [0.717, 1.165) is 29.8 Å². The number of aryl methyl sites for hydroxylation is 1. The molecular formula is C14H16F3N3. The average Bonchev–Trinajstić information content (AvgIpc) is 2.88. The normalized spacial score (nSPS) is 13.4. The highest BCUT2D eigenvalue weighted by atomic mass is 19.4. The summed E-state index contributed by atoms with van der Waals surface area (Å²) in [5, 5.41) is 7.28. The Morgan fingerprint density at radius 1 is 1.20 bits per heavy atom. The van der Waals surface area contributed by atoms with Gasteiger partial charge in [-0.3, -0.25) is 4.68 Å². The van der Waals surface area contributed by atoms with Crippen LogP contribution in [0.25, 0.3) is 0 Å². The lowest BCUT2D eigenvalue weighted by molar-refractivity contribution is -0.137. The molecule has 0 spiro atoms. The van der Waals surface area contributed by atoms with Crippen molar-refractivity contribution in [1.29, 1.82) is 0 Å². The van der Waals surface area contributed by atoms with Crippen molar-refractivity contribution in [2.45, 2.75) is 25.7 Å². The topological polar surface area (TPSA) is 29.9 Å². The number of alkyl halides is 3. The van der Waals surface area contributed by atoms with Gasteiger partial charge >= 0.3 is 6.18 Å². The maximum Gasteiger partial charge on any atom is 0.416 e. The maximum absolute atomic E-state index is 12.5. The van der Waals surface area contributed by atoms with Gasteiger partial charge in [-0.2, -0.15) is 18.3 Å². The molecular weight excluding hydrogens is 267 g/mol. The molecule has 3 nitrogen and oxygen atoms in total. The van der Waals surface area contributed by atoms with Crippen molar-refractivity contribution >= 4 is 0 Å². The molecule has 0 bridgehead atoms. The fourth-order valence-corrected chi connectivity index (χ4v) is 2.09. The van der Waals surface area contributed by atoms with Crippen LogP contribution < -0.4 is 5.32 Å². The first-order chi connectivity index (χ1) is 9.45. The molecule has 0 fully saturated rings. The third kappa shape index (κ3) is 3.01. The number of hydrogen-bond donors (Lipinski definition) is 1. The first-order valence-corrected chi connectivity index (χ1v) is 6.32. The van der Waals surface area contributed by atoms with Crippen LogP contribution in [0, 0.1) is 0 Å². The fourth-order valence-electron chi connectivity index (χ4n) is 2.09. The van der Waals surface area contributed by atoms with E-state index in [1.165, 1.54) is 12.1 Å². The molecule has 1 aromatic heterocycles. The number of halogens is 3. The maximum atomic E-state index is 12.5. The summed E-state index contributed by atoms with van der Waals surface area (Å²) >= 11 is 0. The minimum atomic E-state index is -4.30. The second kappa shape index (κ2) is 5.66. The molecule has 1 heterocycles. The van der Waals surface area contributed by atoms with Gasteiger partial charge in [-0.05, 0) is 31.7 Å². The molecule has 2 rings (SSSR count). The van der Waals surface area contributed by atoms with Gasteiger partial charge in [0.2, 0.25) is 0 Å². The van der Waals surface area contributed by atoms with Gasteiger partial charge in [-0.1, -0.05) is 12.1 Å². The number of aromatic nitrogens is 2. The first-order valence-electron chi connectivity index (χ1n) is 6.32. The molecule has 0 saturated heterocycles. The molecule has 0 radical (unpaired) electrons. The molecule has 1 N–H and O–H groups in total. The van der Waals surface area contributed by atoms with Crippen LogP contribution >= 0.6 is 0 Å². The van der Waals surface area contributed by atoms with Gasteiger partial charge in [-0.25, -0.2) is 0 Å². The average molecular weight is 283 g/mol. The molecule has 1 aromatic carbocycles. The Morgan fingerprint density at radius 2 is 1.85 bits per heavy atom. The van der Waals surface area contributed by atoms with Crippen molar-refractivity contribution in [1.82, 2.24) is 15.1 Å². The van der Waals surface area contributed by atoms with E-state index in [-0.39, 0.29) is 6.04 Å². The molecule has 2 aromatic rings. The van der Waals surface area contributed by atoms with Crippen LogP contribution in [-0.4, -0.2) is 16.8 Å². The number of nitrogens with zero attached hydrogens (tertiary/aromatic N) is 2. The van der Waals surface area contributed by atoms with Crippen molar-refractivity contribution in [2.75, 3.05) is 7.05 Å². The van der Waals surface area contributed by atoms with E-state index in [1.54, 1.807) is 17.9 Å². The van der Waals surface area contributed by atoms with Crippen LogP contribution in [0.1, 0.15) is 29.7 Å². The summed E-state index contributed by atoms with van der Waals surface area (Å²) in [5.41, 5.74) is 1.06. The second-order valence-corrected chi connectivity index (χ2v) is 4.47. The van der Waals surface area contributed by atoms with Gasteiger partial charge in [0.1, 0.15) is 0 Å². The Kier molecular flexibility index (Phi) is 4.13. The van der Waals surface area contributed by atoms with E-state index in [4.69, 9.17) is 0 Å². The van der Waals surface area contributed by atoms with Gasteiger partial charge < -0.3 is 5.32 Å². The monoisotopic (exact) mass is 283 g/mol. The largest absolute Gasteiger partial charge is 0.416 e. The smallest absolute Gasteiger partial charge is 0.309 e. The minimum absolute atomic E-state index is 0.169. The molecule has 0 saturated carbocycles. The van der Waals surface area contributed by atoms with E-state index in [1.807, 2.05) is 13.1 Å². The number of nitrogens with one attached hydrogen (secondary N) is 1. The number of hydrogen-bond acceptors (Lipinski definition) is 2. The summed E-state index contributed by atoms with van der Waals surface area (Å²) in [5.74, 6) is 0.